The highest BCUT2D eigenvalue weighted by atomic mass is 16.6. The Bertz CT molecular complexity index is 280. The molecule has 0 fully saturated rings. The van der Waals surface area contributed by atoms with E-state index in [1.807, 2.05) is 0 Å². The van der Waals surface area contributed by atoms with E-state index in [9.17, 15) is 4.79 Å². The minimum Gasteiger partial charge on any atom is -0.482 e. The van der Waals surface area contributed by atoms with Crippen molar-refractivity contribution in [1.82, 2.24) is 0 Å². The molecule has 0 amide bonds. The van der Waals surface area contributed by atoms with Gasteiger partial charge in [0, 0.05) is 0 Å². The largest absolute Gasteiger partial charge is 0.482 e. The maximum atomic E-state index is 11.1. The molecule has 0 saturated carbocycles. The first-order valence-corrected chi connectivity index (χ1v) is 4.47. The van der Waals surface area contributed by atoms with Crippen LogP contribution >= 0.6 is 0 Å². The zero-order valence-electron chi connectivity index (χ0n) is 8.32. The summed E-state index contributed by atoms with van der Waals surface area (Å²) in [5, 5.41) is 0. The van der Waals surface area contributed by atoms with Crippen LogP contribution in [0.1, 0.15) is 13.8 Å². The van der Waals surface area contributed by atoms with Crippen molar-refractivity contribution in [2.75, 3.05) is 6.61 Å². The topological polar surface area (TPSA) is 35.5 Å². The lowest BCUT2D eigenvalue weighted by atomic mass is 10.3. The maximum Gasteiger partial charge on any atom is 0.344 e. The van der Waals surface area contributed by atoms with Gasteiger partial charge < -0.3 is 9.47 Å². The average Bonchev–Trinajstić information content (AvgIpc) is 2.15. The molecule has 0 spiro atoms. The third-order valence-electron chi connectivity index (χ3n) is 1.40. The summed E-state index contributed by atoms with van der Waals surface area (Å²) in [6.07, 6.45) is -0.103. The Labute approximate surface area is 83.6 Å². The summed E-state index contributed by atoms with van der Waals surface area (Å²) in [5.74, 6) is 0.261. The highest BCUT2D eigenvalue weighted by Gasteiger charge is 2.05. The van der Waals surface area contributed by atoms with Crippen LogP contribution in [0.5, 0.6) is 5.75 Å². The van der Waals surface area contributed by atoms with Crippen molar-refractivity contribution in [3.8, 4) is 5.75 Å². The normalized spacial score (nSPS) is 9.93. The molecular weight excluding hydrogens is 180 g/mol. The maximum absolute atomic E-state index is 11.1. The summed E-state index contributed by atoms with van der Waals surface area (Å²) in [5.41, 5.74) is 0. The molecule has 1 aromatic rings. The summed E-state index contributed by atoms with van der Waals surface area (Å²) in [7, 11) is 0. The second-order valence-corrected chi connectivity index (χ2v) is 3.07. The van der Waals surface area contributed by atoms with Crippen molar-refractivity contribution in [1.29, 1.82) is 0 Å². The SMILES string of the molecule is CC(C)OC(=O)COc1c[c]ccc1. The van der Waals surface area contributed by atoms with Crippen molar-refractivity contribution < 1.29 is 14.3 Å². The first kappa shape index (κ1) is 10.6. The summed E-state index contributed by atoms with van der Waals surface area (Å²) < 4.78 is 10.1. The molecule has 1 radical (unpaired) electrons. The van der Waals surface area contributed by atoms with Crippen LogP contribution in [-0.4, -0.2) is 18.7 Å². The molecule has 0 N–H and O–H groups in total. The molecule has 0 atom stereocenters. The number of ether oxygens (including phenoxy) is 2. The fraction of sp³-hybridized carbons (Fsp3) is 0.364. The van der Waals surface area contributed by atoms with E-state index in [1.54, 1.807) is 38.1 Å². The predicted octanol–water partition coefficient (Wildman–Crippen LogP) is 1.82. The third-order valence-corrected chi connectivity index (χ3v) is 1.40. The smallest absolute Gasteiger partial charge is 0.344 e. The number of benzene rings is 1. The minimum atomic E-state index is -0.358. The molecule has 0 heterocycles. The van der Waals surface area contributed by atoms with Gasteiger partial charge in [0.1, 0.15) is 5.75 Å². The van der Waals surface area contributed by atoms with Gasteiger partial charge in [0.2, 0.25) is 0 Å². The Morgan fingerprint density at radius 2 is 2.36 bits per heavy atom. The number of hydrogen-bond acceptors (Lipinski definition) is 3. The molecule has 1 aromatic carbocycles. The Kier molecular flexibility index (Phi) is 3.98. The van der Waals surface area contributed by atoms with E-state index in [-0.39, 0.29) is 18.7 Å². The molecule has 1 rings (SSSR count). The molecule has 0 aliphatic heterocycles. The van der Waals surface area contributed by atoms with Crippen LogP contribution in [0.3, 0.4) is 0 Å². The van der Waals surface area contributed by atoms with E-state index >= 15 is 0 Å². The lowest BCUT2D eigenvalue weighted by Crippen LogP contribution is -2.18. The summed E-state index contributed by atoms with van der Waals surface area (Å²) in [6.45, 7) is 3.54. The van der Waals surface area contributed by atoms with Crippen LogP contribution in [0.15, 0.2) is 24.3 Å². The standard InChI is InChI=1S/C11H13O3/c1-9(2)14-11(12)8-13-10-6-4-3-5-7-10/h3-4,6-7,9H,8H2,1-2H3. The van der Waals surface area contributed by atoms with E-state index < -0.39 is 0 Å². The van der Waals surface area contributed by atoms with Gasteiger partial charge in [-0.3, -0.25) is 0 Å². The molecule has 3 nitrogen and oxygen atoms in total. The minimum absolute atomic E-state index is 0.0595. The molecule has 0 aliphatic rings. The van der Waals surface area contributed by atoms with Crippen LogP contribution in [-0.2, 0) is 9.53 Å². The van der Waals surface area contributed by atoms with Gasteiger partial charge in [0.15, 0.2) is 6.61 Å². The zero-order valence-corrected chi connectivity index (χ0v) is 8.32. The fourth-order valence-electron chi connectivity index (χ4n) is 0.906. The van der Waals surface area contributed by atoms with Gasteiger partial charge in [0.05, 0.1) is 6.10 Å². The van der Waals surface area contributed by atoms with E-state index in [0.29, 0.717) is 5.75 Å². The average molecular weight is 193 g/mol. The molecule has 0 aromatic heterocycles. The first-order chi connectivity index (χ1) is 6.68. The first-order valence-electron chi connectivity index (χ1n) is 4.47. The van der Waals surface area contributed by atoms with Gasteiger partial charge >= 0.3 is 5.97 Å². The van der Waals surface area contributed by atoms with Gasteiger partial charge in [0.25, 0.3) is 0 Å². The fourth-order valence-corrected chi connectivity index (χ4v) is 0.906. The second kappa shape index (κ2) is 5.27. The molecule has 0 aliphatic carbocycles. The second-order valence-electron chi connectivity index (χ2n) is 3.07. The lowest BCUT2D eigenvalue weighted by molar-refractivity contribution is -0.149. The van der Waals surface area contributed by atoms with Gasteiger partial charge in [-0.15, -0.1) is 0 Å². The van der Waals surface area contributed by atoms with Crippen molar-refractivity contribution >= 4 is 5.97 Å². The Morgan fingerprint density at radius 1 is 1.57 bits per heavy atom. The van der Waals surface area contributed by atoms with Crippen LogP contribution in [0.25, 0.3) is 0 Å². The number of carbonyl (C=O) groups excluding carboxylic acids is 1. The molecule has 0 saturated heterocycles. The van der Waals surface area contributed by atoms with Gasteiger partial charge in [-0.2, -0.15) is 0 Å². The van der Waals surface area contributed by atoms with Crippen LogP contribution in [0, 0.1) is 6.07 Å². The third kappa shape index (κ3) is 3.94. The zero-order chi connectivity index (χ0) is 10.4. The molecule has 0 bridgehead atoms. The molecule has 75 valence electrons. The Balaban J connectivity index is 2.31. The van der Waals surface area contributed by atoms with E-state index in [0.717, 1.165) is 0 Å². The van der Waals surface area contributed by atoms with E-state index in [4.69, 9.17) is 9.47 Å². The number of carbonyl (C=O) groups is 1. The number of hydrogen-bond donors (Lipinski definition) is 0. The van der Waals surface area contributed by atoms with Crippen molar-refractivity contribution in [3.05, 3.63) is 30.3 Å². The molecule has 0 unspecified atom stereocenters. The van der Waals surface area contributed by atoms with Gasteiger partial charge in [-0.25, -0.2) is 4.79 Å². The molecular formula is C11H13O3. The Morgan fingerprint density at radius 3 is 2.93 bits per heavy atom. The number of esters is 1. The Hall–Kier alpha value is -1.51. The van der Waals surface area contributed by atoms with Gasteiger partial charge in [-0.1, -0.05) is 12.1 Å². The van der Waals surface area contributed by atoms with E-state index in [2.05, 4.69) is 6.07 Å². The summed E-state index contributed by atoms with van der Waals surface area (Å²) in [6, 6.07) is 9.84. The molecule has 14 heavy (non-hydrogen) atoms. The highest BCUT2D eigenvalue weighted by Crippen LogP contribution is 2.07. The predicted molar refractivity (Wildman–Crippen MR) is 52.0 cm³/mol. The lowest BCUT2D eigenvalue weighted by Gasteiger charge is -2.08. The van der Waals surface area contributed by atoms with Crippen molar-refractivity contribution in [2.24, 2.45) is 0 Å². The quantitative estimate of drug-likeness (QED) is 0.684. The number of rotatable bonds is 4. The van der Waals surface area contributed by atoms with E-state index in [1.165, 1.54) is 0 Å². The van der Waals surface area contributed by atoms with Gasteiger partial charge in [-0.05, 0) is 32.0 Å². The molecule has 3 heteroatoms. The van der Waals surface area contributed by atoms with Crippen LogP contribution in [0.2, 0.25) is 0 Å². The van der Waals surface area contributed by atoms with Crippen molar-refractivity contribution in [2.45, 2.75) is 20.0 Å². The van der Waals surface area contributed by atoms with Crippen LogP contribution in [0.4, 0.5) is 0 Å². The highest BCUT2D eigenvalue weighted by molar-refractivity contribution is 5.71. The summed E-state index contributed by atoms with van der Waals surface area (Å²) >= 11 is 0. The monoisotopic (exact) mass is 193 g/mol. The summed E-state index contributed by atoms with van der Waals surface area (Å²) in [4.78, 5) is 11.1. The van der Waals surface area contributed by atoms with Crippen molar-refractivity contribution in [3.63, 3.8) is 0 Å². The van der Waals surface area contributed by atoms with Crippen LogP contribution < -0.4 is 4.74 Å².